The van der Waals surface area contributed by atoms with Crippen LogP contribution in [0.2, 0.25) is 0 Å². The van der Waals surface area contributed by atoms with Gasteiger partial charge in [0.15, 0.2) is 0 Å². The van der Waals surface area contributed by atoms with Gasteiger partial charge < -0.3 is 4.90 Å². The van der Waals surface area contributed by atoms with Crippen molar-refractivity contribution < 1.29 is 8.42 Å². The average molecular weight is 453 g/mol. The summed E-state index contributed by atoms with van der Waals surface area (Å²) >= 11 is 0. The molecule has 2 aromatic rings. The average Bonchev–Trinajstić information content (AvgIpc) is 3.17. The number of hydrogen-bond acceptors (Lipinski definition) is 3. The van der Waals surface area contributed by atoms with Gasteiger partial charge in [-0.25, -0.2) is 8.42 Å². The Labute approximate surface area is 193 Å². The Morgan fingerprint density at radius 3 is 2.59 bits per heavy atom. The highest BCUT2D eigenvalue weighted by atomic mass is 32.2. The Hall–Kier alpha value is -1.85. The first-order valence-electron chi connectivity index (χ1n) is 12.3. The summed E-state index contributed by atoms with van der Waals surface area (Å²) in [5, 5.41) is 0. The van der Waals surface area contributed by atoms with E-state index < -0.39 is 10.0 Å². The zero-order chi connectivity index (χ0) is 22.2. The monoisotopic (exact) mass is 452 g/mol. The molecule has 1 saturated heterocycles. The lowest BCUT2D eigenvalue weighted by Gasteiger charge is -2.51. The molecule has 0 aromatic heterocycles. The number of likely N-dealkylation sites (tertiary alicyclic amines) is 1. The molecule has 0 spiro atoms. The van der Waals surface area contributed by atoms with E-state index in [1.54, 1.807) is 11.1 Å². The number of sulfonamides is 1. The first kappa shape index (κ1) is 22.0. The van der Waals surface area contributed by atoms with Crippen molar-refractivity contribution in [3.8, 4) is 0 Å². The molecule has 1 aliphatic heterocycles. The van der Waals surface area contributed by atoms with Gasteiger partial charge in [-0.15, -0.1) is 0 Å². The standard InChI is InChI=1S/C27H36N2O2S/c1-32(30,31)28-25-11-4-10-24(19-25)27-13-5-12-26(20-27)29(16-14-27)15-6-7-21-17-22-8-2-3-9-23(22)18-21/h2-4,8-11,19,21,26,28H,5-7,12-18,20H2,1H3. The molecule has 0 amide bonds. The summed E-state index contributed by atoms with van der Waals surface area (Å²) in [6.07, 6.45) is 12.6. The smallest absolute Gasteiger partial charge is 0.229 e. The third-order valence-corrected chi connectivity index (χ3v) is 8.79. The third-order valence-electron chi connectivity index (χ3n) is 8.18. The summed E-state index contributed by atoms with van der Waals surface area (Å²) in [5.74, 6) is 0.827. The number of rotatable bonds is 7. The van der Waals surface area contributed by atoms with Crippen LogP contribution < -0.4 is 4.72 Å². The Kier molecular flexibility index (Phi) is 6.06. The van der Waals surface area contributed by atoms with E-state index in [1.165, 1.54) is 82.7 Å². The highest BCUT2D eigenvalue weighted by Gasteiger charge is 2.43. The van der Waals surface area contributed by atoms with Crippen LogP contribution in [0, 0.1) is 5.92 Å². The summed E-state index contributed by atoms with van der Waals surface area (Å²) in [6, 6.07) is 17.8. The maximum absolute atomic E-state index is 11.7. The fourth-order valence-electron chi connectivity index (χ4n) is 6.67. The SMILES string of the molecule is CS(=O)(=O)Nc1cccc(C23CCCC(C2)N(CCCC2Cc4ccccc4C2)CC3)c1. The van der Waals surface area contributed by atoms with Crippen molar-refractivity contribution >= 4 is 15.7 Å². The predicted molar refractivity (Wildman–Crippen MR) is 132 cm³/mol. The number of benzene rings is 2. The molecule has 1 N–H and O–H groups in total. The zero-order valence-corrected chi connectivity index (χ0v) is 20.0. The van der Waals surface area contributed by atoms with Gasteiger partial charge in [0.05, 0.1) is 6.26 Å². The van der Waals surface area contributed by atoms with Crippen molar-refractivity contribution in [2.24, 2.45) is 5.92 Å². The van der Waals surface area contributed by atoms with Crippen molar-refractivity contribution in [3.05, 3.63) is 65.2 Å². The molecule has 2 fully saturated rings. The minimum atomic E-state index is -3.25. The lowest BCUT2D eigenvalue weighted by Crippen LogP contribution is -2.51. The molecule has 172 valence electrons. The normalized spacial score (nSPS) is 26.1. The molecule has 2 unspecified atom stereocenters. The number of anilines is 1. The first-order chi connectivity index (χ1) is 15.4. The van der Waals surface area contributed by atoms with Crippen LogP contribution in [0.1, 0.15) is 61.6 Å². The third kappa shape index (κ3) is 4.74. The van der Waals surface area contributed by atoms with Gasteiger partial charge in [-0.05, 0) is 105 Å². The summed E-state index contributed by atoms with van der Waals surface area (Å²) in [7, 11) is -3.25. The lowest BCUT2D eigenvalue weighted by atomic mass is 9.63. The zero-order valence-electron chi connectivity index (χ0n) is 19.2. The van der Waals surface area contributed by atoms with Gasteiger partial charge in [-0.1, -0.05) is 42.8 Å². The maximum atomic E-state index is 11.7. The molecule has 1 heterocycles. The number of fused-ring (bicyclic) bond motifs is 3. The van der Waals surface area contributed by atoms with Crippen molar-refractivity contribution in [1.29, 1.82) is 0 Å². The molecule has 2 aromatic carbocycles. The van der Waals surface area contributed by atoms with Gasteiger partial charge in [0.25, 0.3) is 0 Å². The van der Waals surface area contributed by atoms with E-state index in [0.29, 0.717) is 11.7 Å². The highest BCUT2D eigenvalue weighted by molar-refractivity contribution is 7.92. The van der Waals surface area contributed by atoms with Crippen LogP contribution >= 0.6 is 0 Å². The second kappa shape index (κ2) is 8.83. The second-order valence-electron chi connectivity index (χ2n) is 10.5. The predicted octanol–water partition coefficient (Wildman–Crippen LogP) is 5.14. The molecular weight excluding hydrogens is 416 g/mol. The van der Waals surface area contributed by atoms with E-state index in [0.717, 1.165) is 5.92 Å². The first-order valence-corrected chi connectivity index (χ1v) is 14.2. The molecule has 5 rings (SSSR count). The second-order valence-corrected chi connectivity index (χ2v) is 12.2. The van der Waals surface area contributed by atoms with E-state index in [4.69, 9.17) is 0 Å². The van der Waals surface area contributed by atoms with Crippen LogP contribution in [0.15, 0.2) is 48.5 Å². The molecular formula is C27H36N2O2S. The van der Waals surface area contributed by atoms with Gasteiger partial charge in [-0.2, -0.15) is 0 Å². The maximum Gasteiger partial charge on any atom is 0.229 e. The van der Waals surface area contributed by atoms with Gasteiger partial charge in [0, 0.05) is 11.7 Å². The molecule has 2 bridgehead atoms. The van der Waals surface area contributed by atoms with Crippen LogP contribution in [0.5, 0.6) is 0 Å². The van der Waals surface area contributed by atoms with E-state index in [1.807, 2.05) is 12.1 Å². The minimum absolute atomic E-state index is 0.210. The van der Waals surface area contributed by atoms with E-state index in [-0.39, 0.29) is 5.41 Å². The Bertz CT molecular complexity index is 1040. The molecule has 2 aliphatic carbocycles. The molecule has 2 atom stereocenters. The summed E-state index contributed by atoms with van der Waals surface area (Å²) in [5.41, 5.74) is 5.36. The van der Waals surface area contributed by atoms with Gasteiger partial charge in [0.2, 0.25) is 10.0 Å². The molecule has 3 aliphatic rings. The van der Waals surface area contributed by atoms with Gasteiger partial charge in [0.1, 0.15) is 0 Å². The quantitative estimate of drug-likeness (QED) is 0.633. The minimum Gasteiger partial charge on any atom is -0.300 e. The summed E-state index contributed by atoms with van der Waals surface area (Å²) in [4.78, 5) is 2.76. The Morgan fingerprint density at radius 2 is 1.84 bits per heavy atom. The Morgan fingerprint density at radius 1 is 1.06 bits per heavy atom. The molecule has 32 heavy (non-hydrogen) atoms. The van der Waals surface area contributed by atoms with Crippen LogP contribution in [-0.4, -0.2) is 38.7 Å². The summed E-state index contributed by atoms with van der Waals surface area (Å²) in [6.45, 7) is 2.39. The van der Waals surface area contributed by atoms with Crippen LogP contribution in [0.3, 0.4) is 0 Å². The fraction of sp³-hybridized carbons (Fsp3) is 0.556. The van der Waals surface area contributed by atoms with Gasteiger partial charge >= 0.3 is 0 Å². The lowest BCUT2D eigenvalue weighted by molar-refractivity contribution is 0.0497. The van der Waals surface area contributed by atoms with Crippen molar-refractivity contribution in [3.63, 3.8) is 0 Å². The molecule has 1 saturated carbocycles. The summed E-state index contributed by atoms with van der Waals surface area (Å²) < 4.78 is 26.0. The van der Waals surface area contributed by atoms with Crippen molar-refractivity contribution in [2.45, 2.75) is 69.2 Å². The fourth-order valence-corrected chi connectivity index (χ4v) is 7.23. The largest absolute Gasteiger partial charge is 0.300 e. The van der Waals surface area contributed by atoms with E-state index >= 15 is 0 Å². The van der Waals surface area contributed by atoms with Crippen molar-refractivity contribution in [2.75, 3.05) is 24.1 Å². The molecule has 4 nitrogen and oxygen atoms in total. The van der Waals surface area contributed by atoms with Gasteiger partial charge in [-0.3, -0.25) is 4.72 Å². The topological polar surface area (TPSA) is 49.4 Å². The molecule has 0 radical (unpaired) electrons. The molecule has 5 heteroatoms. The Balaban J connectivity index is 1.19. The number of hydrogen-bond donors (Lipinski definition) is 1. The van der Waals surface area contributed by atoms with Crippen LogP contribution in [0.4, 0.5) is 5.69 Å². The highest BCUT2D eigenvalue weighted by Crippen LogP contribution is 2.47. The van der Waals surface area contributed by atoms with Crippen LogP contribution in [-0.2, 0) is 28.3 Å². The van der Waals surface area contributed by atoms with Crippen molar-refractivity contribution in [1.82, 2.24) is 4.90 Å². The van der Waals surface area contributed by atoms with E-state index in [9.17, 15) is 8.42 Å². The number of nitrogens with zero attached hydrogens (tertiary/aromatic N) is 1. The number of piperidine rings is 1. The number of nitrogens with one attached hydrogen (secondary N) is 1. The van der Waals surface area contributed by atoms with E-state index in [2.05, 4.69) is 46.0 Å². The van der Waals surface area contributed by atoms with Crippen LogP contribution in [0.25, 0.3) is 0 Å².